The van der Waals surface area contributed by atoms with Gasteiger partial charge in [-0.05, 0) is 12.3 Å². The zero-order valence-electron chi connectivity index (χ0n) is 9.20. The van der Waals surface area contributed by atoms with Gasteiger partial charge in [-0.25, -0.2) is 0 Å². The molecule has 0 aliphatic carbocycles. The Bertz CT molecular complexity index is 280. The lowest BCUT2D eigenvalue weighted by Crippen LogP contribution is -2.11. The van der Waals surface area contributed by atoms with E-state index in [1.807, 2.05) is 0 Å². The molecule has 0 spiro atoms. The summed E-state index contributed by atoms with van der Waals surface area (Å²) in [6.45, 7) is 5.08. The first kappa shape index (κ1) is 12.7. The molecule has 1 rings (SSSR count). The Morgan fingerprint density at radius 1 is 1.40 bits per heavy atom. The molecule has 3 nitrogen and oxygen atoms in total. The number of ether oxygens (including phenoxy) is 1. The quantitative estimate of drug-likeness (QED) is 0.737. The smallest absolute Gasteiger partial charge is 0.265 e. The normalized spacial score (nSPS) is 12.7. The van der Waals surface area contributed by atoms with Crippen LogP contribution in [0.4, 0.5) is 0 Å². The van der Waals surface area contributed by atoms with Crippen molar-refractivity contribution in [3.8, 4) is 5.88 Å². The molecule has 0 fully saturated rings. The maximum atomic E-state index is 5.78. The third-order valence-electron chi connectivity index (χ3n) is 2.42. The highest BCUT2D eigenvalue weighted by atomic mass is 35.5. The van der Waals surface area contributed by atoms with Gasteiger partial charge in [0, 0.05) is 0 Å². The second kappa shape index (κ2) is 7.01. The molecule has 0 amide bonds. The van der Waals surface area contributed by atoms with Crippen molar-refractivity contribution in [3.05, 3.63) is 5.15 Å². The van der Waals surface area contributed by atoms with Crippen molar-refractivity contribution >= 4 is 23.3 Å². The van der Waals surface area contributed by atoms with Crippen LogP contribution in [-0.4, -0.2) is 15.4 Å². The third-order valence-corrected chi connectivity index (χ3v) is 3.28. The predicted molar refractivity (Wildman–Crippen MR) is 63.7 cm³/mol. The molecule has 1 unspecified atom stereocenters. The summed E-state index contributed by atoms with van der Waals surface area (Å²) in [7, 11) is 0. The van der Waals surface area contributed by atoms with Crippen LogP contribution < -0.4 is 4.74 Å². The van der Waals surface area contributed by atoms with Crippen molar-refractivity contribution < 1.29 is 4.74 Å². The number of halogens is 1. The summed E-state index contributed by atoms with van der Waals surface area (Å²) in [6, 6.07) is 0. The van der Waals surface area contributed by atoms with E-state index in [0.29, 0.717) is 23.6 Å². The van der Waals surface area contributed by atoms with E-state index in [4.69, 9.17) is 16.3 Å². The third kappa shape index (κ3) is 4.34. The van der Waals surface area contributed by atoms with Crippen LogP contribution in [0.15, 0.2) is 0 Å². The zero-order valence-corrected chi connectivity index (χ0v) is 10.8. The summed E-state index contributed by atoms with van der Waals surface area (Å²) in [6.07, 6.45) is 4.83. The van der Waals surface area contributed by atoms with Crippen molar-refractivity contribution in [3.63, 3.8) is 0 Å². The molecule has 1 heterocycles. The van der Waals surface area contributed by atoms with Gasteiger partial charge in [0.2, 0.25) is 5.15 Å². The van der Waals surface area contributed by atoms with E-state index >= 15 is 0 Å². The molecule has 1 aromatic rings. The maximum Gasteiger partial charge on any atom is 0.265 e. The highest BCUT2D eigenvalue weighted by molar-refractivity contribution is 6.99. The van der Waals surface area contributed by atoms with E-state index in [1.54, 1.807) is 0 Å². The first-order valence-electron chi connectivity index (χ1n) is 5.38. The summed E-state index contributed by atoms with van der Waals surface area (Å²) in [5.74, 6) is 1.08. The molecule has 5 heteroatoms. The number of nitrogens with zero attached hydrogens (tertiary/aromatic N) is 2. The van der Waals surface area contributed by atoms with Gasteiger partial charge in [0.05, 0.1) is 18.3 Å². The van der Waals surface area contributed by atoms with Crippen LogP contribution in [-0.2, 0) is 0 Å². The average molecular weight is 249 g/mol. The van der Waals surface area contributed by atoms with Gasteiger partial charge in [0.25, 0.3) is 5.88 Å². The molecular weight excluding hydrogens is 232 g/mol. The second-order valence-corrected chi connectivity index (χ2v) is 4.47. The van der Waals surface area contributed by atoms with E-state index in [0.717, 1.165) is 18.1 Å². The fourth-order valence-electron chi connectivity index (χ4n) is 1.35. The molecule has 15 heavy (non-hydrogen) atoms. The zero-order chi connectivity index (χ0) is 11.1. The van der Waals surface area contributed by atoms with E-state index < -0.39 is 0 Å². The maximum absolute atomic E-state index is 5.78. The van der Waals surface area contributed by atoms with Gasteiger partial charge in [0.15, 0.2) is 0 Å². The van der Waals surface area contributed by atoms with Crippen LogP contribution in [0.1, 0.15) is 39.5 Å². The molecule has 0 bridgehead atoms. The summed E-state index contributed by atoms with van der Waals surface area (Å²) in [5, 5.41) is 0.380. The Kier molecular flexibility index (Phi) is 5.95. The van der Waals surface area contributed by atoms with Gasteiger partial charge in [-0.15, -0.1) is 4.37 Å². The topological polar surface area (TPSA) is 35.0 Å². The minimum atomic E-state index is 0.380. The van der Waals surface area contributed by atoms with E-state index in [1.165, 1.54) is 19.3 Å². The van der Waals surface area contributed by atoms with Crippen LogP contribution in [0.3, 0.4) is 0 Å². The molecule has 86 valence electrons. The summed E-state index contributed by atoms with van der Waals surface area (Å²) in [5.41, 5.74) is 0. The predicted octanol–water partition coefficient (Wildman–Crippen LogP) is 3.79. The van der Waals surface area contributed by atoms with Gasteiger partial charge in [-0.3, -0.25) is 0 Å². The summed E-state index contributed by atoms with van der Waals surface area (Å²) in [4.78, 5) is 0. The number of unbranched alkanes of at least 4 members (excludes halogenated alkanes) is 1. The van der Waals surface area contributed by atoms with Crippen molar-refractivity contribution in [2.45, 2.75) is 39.5 Å². The van der Waals surface area contributed by atoms with Gasteiger partial charge in [0.1, 0.15) is 0 Å². The van der Waals surface area contributed by atoms with Crippen molar-refractivity contribution in [2.75, 3.05) is 6.61 Å². The van der Waals surface area contributed by atoms with Crippen LogP contribution in [0.25, 0.3) is 0 Å². The van der Waals surface area contributed by atoms with E-state index in [9.17, 15) is 0 Å². The largest absolute Gasteiger partial charge is 0.475 e. The summed E-state index contributed by atoms with van der Waals surface area (Å²) < 4.78 is 13.4. The molecular formula is C10H17ClN2OS. The molecule has 1 aromatic heterocycles. The van der Waals surface area contributed by atoms with Gasteiger partial charge >= 0.3 is 0 Å². The van der Waals surface area contributed by atoms with Crippen molar-refractivity contribution in [1.29, 1.82) is 0 Å². The number of rotatable bonds is 7. The van der Waals surface area contributed by atoms with Crippen molar-refractivity contribution in [2.24, 2.45) is 5.92 Å². The molecule has 0 aromatic carbocycles. The Balaban J connectivity index is 2.31. The highest BCUT2D eigenvalue weighted by Gasteiger charge is 2.10. The molecule has 0 aliphatic rings. The Hall–Kier alpha value is -0.350. The van der Waals surface area contributed by atoms with E-state index in [-0.39, 0.29) is 0 Å². The lowest BCUT2D eigenvalue weighted by molar-refractivity contribution is 0.227. The monoisotopic (exact) mass is 248 g/mol. The van der Waals surface area contributed by atoms with Crippen LogP contribution in [0, 0.1) is 5.92 Å². The van der Waals surface area contributed by atoms with Crippen LogP contribution >= 0.6 is 23.3 Å². The SMILES string of the molecule is CCCCC(CC)COc1nsnc1Cl. The second-order valence-electron chi connectivity index (χ2n) is 3.59. The van der Waals surface area contributed by atoms with E-state index in [2.05, 4.69) is 22.6 Å². The van der Waals surface area contributed by atoms with Crippen molar-refractivity contribution in [1.82, 2.24) is 8.75 Å². The highest BCUT2D eigenvalue weighted by Crippen LogP contribution is 2.22. The summed E-state index contributed by atoms with van der Waals surface area (Å²) >= 11 is 6.87. The van der Waals surface area contributed by atoms with Gasteiger partial charge in [-0.2, -0.15) is 4.37 Å². The standard InChI is InChI=1S/C10H17ClN2OS/c1-3-5-6-8(4-2)7-14-10-9(11)12-15-13-10/h8H,3-7H2,1-2H3. The molecule has 0 aliphatic heterocycles. The lowest BCUT2D eigenvalue weighted by Gasteiger charge is -2.13. The Morgan fingerprint density at radius 3 is 2.73 bits per heavy atom. The first-order chi connectivity index (χ1) is 7.27. The first-order valence-corrected chi connectivity index (χ1v) is 6.49. The number of hydrogen-bond donors (Lipinski definition) is 0. The molecule has 0 saturated heterocycles. The van der Waals surface area contributed by atoms with Gasteiger partial charge < -0.3 is 4.74 Å². The van der Waals surface area contributed by atoms with Gasteiger partial charge in [-0.1, -0.05) is 44.7 Å². The molecule has 0 N–H and O–H groups in total. The Labute approximate surface area is 100 Å². The minimum Gasteiger partial charge on any atom is -0.475 e. The molecule has 0 radical (unpaired) electrons. The lowest BCUT2D eigenvalue weighted by atomic mass is 10.0. The Morgan fingerprint density at radius 2 is 2.20 bits per heavy atom. The number of aromatic nitrogens is 2. The molecule has 1 atom stereocenters. The fourth-order valence-corrected chi connectivity index (χ4v) is 1.99. The fraction of sp³-hybridized carbons (Fsp3) is 0.800. The minimum absolute atomic E-state index is 0.380. The number of hydrogen-bond acceptors (Lipinski definition) is 4. The van der Waals surface area contributed by atoms with Crippen LogP contribution in [0.2, 0.25) is 5.15 Å². The van der Waals surface area contributed by atoms with Crippen LogP contribution in [0.5, 0.6) is 5.88 Å². The molecule has 0 saturated carbocycles. The average Bonchev–Trinajstić information content (AvgIpc) is 2.65.